The summed E-state index contributed by atoms with van der Waals surface area (Å²) in [7, 11) is 0. The number of aryl methyl sites for hydroxylation is 4. The molecule has 440 valence electrons. The number of hydrogen-bond donors (Lipinski definition) is 4. The molecular formula is C69H78N4O11. The van der Waals surface area contributed by atoms with Gasteiger partial charge in [-0.1, -0.05) is 128 Å². The smallest absolute Gasteiger partial charge is 0.407 e. The number of fused-ring (bicyclic) bond motifs is 2. The molecule has 2 aromatic heterocycles. The molecule has 0 aliphatic rings. The van der Waals surface area contributed by atoms with Gasteiger partial charge in [-0.15, -0.1) is 0 Å². The van der Waals surface area contributed by atoms with Gasteiger partial charge >= 0.3 is 24.1 Å². The zero-order chi connectivity index (χ0) is 60.4. The van der Waals surface area contributed by atoms with E-state index in [1.165, 1.54) is 0 Å². The van der Waals surface area contributed by atoms with Crippen LogP contribution in [-0.4, -0.2) is 80.2 Å². The molecule has 0 saturated carbocycles. The lowest BCUT2D eigenvalue weighted by Gasteiger charge is -2.22. The molecule has 2 atom stereocenters. The quantitative estimate of drug-likeness (QED) is 0.0493. The number of pyridine rings is 2. The van der Waals surface area contributed by atoms with Gasteiger partial charge in [0, 0.05) is 61.5 Å². The molecule has 2 unspecified atom stereocenters. The van der Waals surface area contributed by atoms with Crippen LogP contribution in [0.4, 0.5) is 9.59 Å². The summed E-state index contributed by atoms with van der Waals surface area (Å²) in [6.45, 7) is 18.6. The molecular weight excluding hydrogens is 1060 g/mol. The average Bonchev–Trinajstić information content (AvgIpc) is 3.64. The molecule has 6 aromatic carbocycles. The van der Waals surface area contributed by atoms with E-state index < -0.39 is 41.2 Å². The maximum atomic E-state index is 13.6. The van der Waals surface area contributed by atoms with Crippen molar-refractivity contribution in [2.24, 2.45) is 0 Å². The van der Waals surface area contributed by atoms with E-state index in [1.54, 1.807) is 104 Å². The zero-order valence-corrected chi connectivity index (χ0v) is 48.9. The average molecular weight is 1140 g/mol. The number of esters is 1. The highest BCUT2D eigenvalue weighted by molar-refractivity contribution is 5.93. The van der Waals surface area contributed by atoms with Crippen LogP contribution in [-0.2, 0) is 49.9 Å². The highest BCUT2D eigenvalue weighted by atomic mass is 16.6. The minimum absolute atomic E-state index is 0. The van der Waals surface area contributed by atoms with Gasteiger partial charge in [0.25, 0.3) is 0 Å². The lowest BCUT2D eigenvalue weighted by molar-refractivity contribution is -0.120. The van der Waals surface area contributed by atoms with Crippen molar-refractivity contribution in [3.63, 3.8) is 0 Å². The molecule has 0 bridgehead atoms. The number of carboxylic acid groups (broad SMARTS) is 1. The zero-order valence-electron chi connectivity index (χ0n) is 48.9. The van der Waals surface area contributed by atoms with Crippen molar-refractivity contribution >= 4 is 57.2 Å². The summed E-state index contributed by atoms with van der Waals surface area (Å²) in [5.74, 6) is -2.42. The Balaban J connectivity index is 0.000000263. The number of benzene rings is 6. The third kappa shape index (κ3) is 20.4. The Morgan fingerprint density at radius 3 is 1.30 bits per heavy atom. The fourth-order valence-electron chi connectivity index (χ4n) is 8.99. The first kappa shape index (κ1) is 65.7. The van der Waals surface area contributed by atoms with E-state index in [9.17, 15) is 33.9 Å². The molecule has 2 amide bonds. The lowest BCUT2D eigenvalue weighted by atomic mass is 9.90. The topological polar surface area (TPSA) is 220 Å². The normalized spacial score (nSPS) is 11.7. The monoisotopic (exact) mass is 1140 g/mol. The maximum absolute atomic E-state index is 13.6. The lowest BCUT2D eigenvalue weighted by Crippen LogP contribution is -2.36. The number of ether oxygens (including phenoxy) is 3. The van der Waals surface area contributed by atoms with Crippen molar-refractivity contribution in [3.05, 3.63) is 225 Å². The molecule has 0 aliphatic heterocycles. The Morgan fingerprint density at radius 1 is 0.500 bits per heavy atom. The van der Waals surface area contributed by atoms with Crippen LogP contribution in [0.2, 0.25) is 0 Å². The second-order valence-corrected chi connectivity index (χ2v) is 22.4. The van der Waals surface area contributed by atoms with Crippen LogP contribution >= 0.6 is 0 Å². The van der Waals surface area contributed by atoms with Crippen molar-refractivity contribution in [2.75, 3.05) is 13.1 Å². The Morgan fingerprint density at radius 2 is 0.905 bits per heavy atom. The standard InChI is InChI=1S/C34H36N2O5.C25H28N2O4.C9H10O2.CH4/c1-22-6-13-29(23(2)16-22)32(38)40-21-24-7-10-26(11-8-24)30(20-36-33(39)41-34(3,4)5)31(37)18-25-9-12-28-19-35-15-14-27(28)17-25;1-25(2,3)31-24(30)27-15-22(19-7-4-17(16-28)5-8-19)23(29)13-18-6-9-21-14-26-11-10-20(21)12-18;1-6-3-4-8(9(10)11)7(2)5-6;/h6-17,19,30H,18,20-21H2,1-5H3,(H,36,39);4-12,14,22,28H,13,15-16H2,1-3H3,(H,27,30);3-5H,1-2H3,(H,10,11);1H4. The molecule has 15 nitrogen and oxygen atoms in total. The highest BCUT2D eigenvalue weighted by Gasteiger charge is 2.26. The van der Waals surface area contributed by atoms with Gasteiger partial charge in [0.1, 0.15) is 29.4 Å². The number of carbonyl (C=O) groups is 6. The fraction of sp³-hybridized carbons (Fsp3) is 0.304. The van der Waals surface area contributed by atoms with Crippen LogP contribution in [0.15, 0.2) is 158 Å². The summed E-state index contributed by atoms with van der Waals surface area (Å²) in [6.07, 6.45) is 6.33. The number of rotatable bonds is 17. The van der Waals surface area contributed by atoms with E-state index in [4.69, 9.17) is 19.3 Å². The number of hydrogen-bond acceptors (Lipinski definition) is 12. The molecule has 0 radical (unpaired) electrons. The Labute approximate surface area is 492 Å². The molecule has 4 N–H and O–H groups in total. The summed E-state index contributed by atoms with van der Waals surface area (Å²) in [6, 6.07) is 41.0. The number of amides is 2. The second-order valence-electron chi connectivity index (χ2n) is 22.4. The van der Waals surface area contributed by atoms with Crippen molar-refractivity contribution in [1.29, 1.82) is 0 Å². The number of aliphatic hydroxyl groups is 1. The minimum Gasteiger partial charge on any atom is -0.478 e. The summed E-state index contributed by atoms with van der Waals surface area (Å²) >= 11 is 0. The molecule has 0 aliphatic carbocycles. The molecule has 0 fully saturated rings. The maximum Gasteiger partial charge on any atom is 0.407 e. The van der Waals surface area contributed by atoms with Gasteiger partial charge in [0.05, 0.1) is 29.6 Å². The van der Waals surface area contributed by atoms with Crippen LogP contribution in [0.25, 0.3) is 21.5 Å². The number of nitrogens with one attached hydrogen (secondary N) is 2. The molecule has 2 heterocycles. The molecule has 84 heavy (non-hydrogen) atoms. The first-order valence-corrected chi connectivity index (χ1v) is 27.3. The van der Waals surface area contributed by atoms with Crippen LogP contribution < -0.4 is 10.6 Å². The third-order valence-corrected chi connectivity index (χ3v) is 13.2. The van der Waals surface area contributed by atoms with Crippen molar-refractivity contribution in [3.8, 4) is 0 Å². The van der Waals surface area contributed by atoms with Gasteiger partial charge in [-0.2, -0.15) is 0 Å². The Bertz CT molecular complexity index is 3560. The largest absolute Gasteiger partial charge is 0.478 e. The summed E-state index contributed by atoms with van der Waals surface area (Å²) < 4.78 is 16.2. The Hall–Kier alpha value is -9.08. The molecule has 0 saturated heterocycles. The highest BCUT2D eigenvalue weighted by Crippen LogP contribution is 2.25. The van der Waals surface area contributed by atoms with E-state index in [1.807, 2.05) is 124 Å². The van der Waals surface area contributed by atoms with Gasteiger partial charge in [-0.25, -0.2) is 19.2 Å². The van der Waals surface area contributed by atoms with E-state index >= 15 is 0 Å². The van der Waals surface area contributed by atoms with Crippen LogP contribution in [0.3, 0.4) is 0 Å². The second kappa shape index (κ2) is 30.3. The summed E-state index contributed by atoms with van der Waals surface area (Å²) in [5.41, 5.74) is 8.38. The molecule has 0 spiro atoms. The molecule has 8 rings (SSSR count). The number of ketones is 2. The number of alkyl carbamates (subject to hydrolysis) is 2. The number of carboxylic acids is 1. The first-order chi connectivity index (χ1) is 39.3. The van der Waals surface area contributed by atoms with Gasteiger partial charge < -0.3 is 35.1 Å². The molecule has 8 aromatic rings. The Kier molecular flexibility index (Phi) is 23.7. The van der Waals surface area contributed by atoms with Gasteiger partial charge in [-0.05, 0) is 149 Å². The van der Waals surface area contributed by atoms with Gasteiger partial charge in [0.2, 0.25) is 0 Å². The summed E-state index contributed by atoms with van der Waals surface area (Å²) in [5, 5.41) is 27.5. The van der Waals surface area contributed by atoms with Crippen LogP contribution in [0, 0.1) is 27.7 Å². The fourth-order valence-corrected chi connectivity index (χ4v) is 8.99. The van der Waals surface area contributed by atoms with Gasteiger partial charge in [0.15, 0.2) is 0 Å². The van der Waals surface area contributed by atoms with E-state index in [0.717, 1.165) is 77.2 Å². The third-order valence-electron chi connectivity index (χ3n) is 13.2. The van der Waals surface area contributed by atoms with Crippen LogP contribution in [0.1, 0.15) is 137 Å². The number of nitrogens with zero attached hydrogens (tertiary/aromatic N) is 2. The SMILES string of the molecule is C.CC(C)(C)OC(=O)NCC(C(=O)Cc1ccc2cnccc2c1)c1ccc(CO)cc1.Cc1ccc(C(=O)O)c(C)c1.Cc1ccc(C(=O)OCc2ccc(C(CNC(=O)OC(C)(C)C)C(=O)Cc3ccc4cnccc4c3)cc2)c(C)c1. The van der Waals surface area contributed by atoms with Crippen molar-refractivity contribution in [1.82, 2.24) is 20.6 Å². The molecule has 15 heteroatoms. The van der Waals surface area contributed by atoms with E-state index in [0.29, 0.717) is 11.1 Å². The van der Waals surface area contributed by atoms with Crippen LogP contribution in [0.5, 0.6) is 0 Å². The predicted octanol–water partition coefficient (Wildman–Crippen LogP) is 13.4. The minimum atomic E-state index is -0.859. The number of carbonyl (C=O) groups excluding carboxylic acids is 5. The predicted molar refractivity (Wildman–Crippen MR) is 328 cm³/mol. The number of Topliss-reactive ketones (excluding diaryl/α,β-unsaturated/α-hetero) is 2. The number of aromatic carboxylic acids is 1. The van der Waals surface area contributed by atoms with Gasteiger partial charge in [-0.3, -0.25) is 19.6 Å². The number of aromatic nitrogens is 2. The number of aliphatic hydroxyl groups excluding tert-OH is 1. The van der Waals surface area contributed by atoms with E-state index in [2.05, 4.69) is 20.6 Å². The first-order valence-electron chi connectivity index (χ1n) is 27.3. The van der Waals surface area contributed by atoms with E-state index in [-0.39, 0.29) is 64.1 Å². The van der Waals surface area contributed by atoms with Crippen molar-refractivity contribution < 1.29 is 53.2 Å². The van der Waals surface area contributed by atoms with Crippen molar-refractivity contribution in [2.45, 2.75) is 126 Å². The summed E-state index contributed by atoms with van der Waals surface area (Å²) in [4.78, 5) is 82.7.